The first-order valence-corrected chi connectivity index (χ1v) is 7.02. The molecule has 1 aliphatic rings. The first-order valence-electron chi connectivity index (χ1n) is 6.20. The lowest BCUT2D eigenvalue weighted by atomic mass is 9.95. The fourth-order valence-electron chi connectivity index (χ4n) is 2.22. The van der Waals surface area contributed by atoms with Crippen LogP contribution in [0.15, 0.2) is 12.1 Å². The summed E-state index contributed by atoms with van der Waals surface area (Å²) in [6.45, 7) is 6.27. The zero-order valence-electron chi connectivity index (χ0n) is 10.9. The highest BCUT2D eigenvalue weighted by Crippen LogP contribution is 2.16. The minimum absolute atomic E-state index is 0. The number of thiophene rings is 1. The molecular formula is C13H21ClN2OS. The summed E-state index contributed by atoms with van der Waals surface area (Å²) in [4.78, 5) is 14.3. The molecule has 5 heteroatoms. The maximum atomic E-state index is 11.9. The fraction of sp³-hybridized carbons (Fsp3) is 0.615. The van der Waals surface area contributed by atoms with Crippen molar-refractivity contribution in [1.82, 2.24) is 10.6 Å². The van der Waals surface area contributed by atoms with Gasteiger partial charge in [-0.2, -0.15) is 0 Å². The van der Waals surface area contributed by atoms with Gasteiger partial charge >= 0.3 is 0 Å². The second-order valence-electron chi connectivity index (χ2n) is 4.83. The summed E-state index contributed by atoms with van der Waals surface area (Å²) in [6.07, 6.45) is 1.56. The number of amides is 1. The van der Waals surface area contributed by atoms with Crippen LogP contribution >= 0.6 is 23.7 Å². The van der Waals surface area contributed by atoms with Crippen molar-refractivity contribution in [2.75, 3.05) is 13.1 Å². The lowest BCUT2D eigenvalue weighted by Gasteiger charge is -2.30. The Labute approximate surface area is 119 Å². The van der Waals surface area contributed by atoms with Crippen LogP contribution in [0.5, 0.6) is 0 Å². The third kappa shape index (κ3) is 4.26. The number of carbonyl (C=O) groups excluding carboxylic acids is 1. The molecule has 1 aromatic heterocycles. The molecule has 1 aliphatic heterocycles. The quantitative estimate of drug-likeness (QED) is 0.895. The van der Waals surface area contributed by atoms with Crippen LogP contribution in [0.3, 0.4) is 0 Å². The van der Waals surface area contributed by atoms with Crippen LogP contribution < -0.4 is 10.6 Å². The van der Waals surface area contributed by atoms with Gasteiger partial charge in [-0.3, -0.25) is 4.79 Å². The highest BCUT2D eigenvalue weighted by molar-refractivity contribution is 7.12. The summed E-state index contributed by atoms with van der Waals surface area (Å²) in [5.41, 5.74) is 0. The van der Waals surface area contributed by atoms with E-state index in [-0.39, 0.29) is 18.3 Å². The molecule has 0 bridgehead atoms. The Morgan fingerprint density at radius 1 is 1.56 bits per heavy atom. The molecule has 2 heterocycles. The maximum absolute atomic E-state index is 11.9. The van der Waals surface area contributed by atoms with E-state index in [1.165, 1.54) is 4.88 Å². The van der Waals surface area contributed by atoms with Crippen molar-refractivity contribution in [3.05, 3.63) is 21.9 Å². The molecule has 1 amide bonds. The van der Waals surface area contributed by atoms with Crippen LogP contribution in [0.2, 0.25) is 0 Å². The highest BCUT2D eigenvalue weighted by Gasteiger charge is 2.22. The Morgan fingerprint density at radius 3 is 2.94 bits per heavy atom. The molecule has 2 rings (SSSR count). The summed E-state index contributed by atoms with van der Waals surface area (Å²) in [6, 6.07) is 4.45. The average molecular weight is 289 g/mol. The van der Waals surface area contributed by atoms with E-state index in [2.05, 4.69) is 30.5 Å². The predicted octanol–water partition coefficient (Wildman–Crippen LogP) is 2.14. The lowest BCUT2D eigenvalue weighted by molar-refractivity contribution is -0.121. The van der Waals surface area contributed by atoms with Crippen molar-refractivity contribution >= 4 is 29.7 Å². The average Bonchev–Trinajstić information content (AvgIpc) is 2.67. The van der Waals surface area contributed by atoms with E-state index in [9.17, 15) is 4.79 Å². The fourth-order valence-corrected chi connectivity index (χ4v) is 3.11. The Balaban J connectivity index is 0.00000162. The van der Waals surface area contributed by atoms with Crippen molar-refractivity contribution < 1.29 is 4.79 Å². The summed E-state index contributed by atoms with van der Waals surface area (Å²) < 4.78 is 0. The summed E-state index contributed by atoms with van der Waals surface area (Å²) in [7, 11) is 0. The van der Waals surface area contributed by atoms with Gasteiger partial charge in [0.2, 0.25) is 5.91 Å². The van der Waals surface area contributed by atoms with E-state index in [1.807, 2.05) is 6.07 Å². The zero-order valence-corrected chi connectivity index (χ0v) is 12.5. The van der Waals surface area contributed by atoms with E-state index in [0.717, 1.165) is 24.4 Å². The van der Waals surface area contributed by atoms with Crippen molar-refractivity contribution in [3.63, 3.8) is 0 Å². The minimum atomic E-state index is 0. The van der Waals surface area contributed by atoms with Crippen LogP contribution in [-0.4, -0.2) is 25.0 Å². The molecule has 0 aliphatic carbocycles. The monoisotopic (exact) mass is 288 g/mol. The van der Waals surface area contributed by atoms with E-state index < -0.39 is 0 Å². The van der Waals surface area contributed by atoms with Crippen molar-refractivity contribution in [2.45, 2.75) is 32.7 Å². The number of rotatable bonds is 3. The van der Waals surface area contributed by atoms with Crippen molar-refractivity contribution in [1.29, 1.82) is 0 Å². The topological polar surface area (TPSA) is 41.1 Å². The van der Waals surface area contributed by atoms with Crippen LogP contribution in [0.25, 0.3) is 0 Å². The highest BCUT2D eigenvalue weighted by atomic mass is 35.5. The molecule has 2 N–H and O–H groups in total. The number of aryl methyl sites for hydroxylation is 1. The molecule has 102 valence electrons. The van der Waals surface area contributed by atoms with Gasteiger partial charge in [-0.25, -0.2) is 0 Å². The normalized spacial score (nSPS) is 23.2. The largest absolute Gasteiger partial charge is 0.353 e. The third-order valence-corrected chi connectivity index (χ3v) is 4.26. The minimum Gasteiger partial charge on any atom is -0.353 e. The predicted molar refractivity (Wildman–Crippen MR) is 78.6 cm³/mol. The number of piperidine rings is 1. The molecule has 1 saturated heterocycles. The van der Waals surface area contributed by atoms with Crippen molar-refractivity contribution in [3.8, 4) is 0 Å². The Kier molecular flexibility index (Phi) is 6.12. The lowest BCUT2D eigenvalue weighted by Crippen LogP contribution is -2.48. The molecule has 0 saturated carbocycles. The molecule has 0 spiro atoms. The second-order valence-corrected chi connectivity index (χ2v) is 6.21. The number of hydrogen-bond donors (Lipinski definition) is 2. The summed E-state index contributed by atoms with van der Waals surface area (Å²) in [5, 5.41) is 6.50. The van der Waals surface area contributed by atoms with Gasteiger partial charge in [-0.05, 0) is 44.5 Å². The molecular weight excluding hydrogens is 268 g/mol. The van der Waals surface area contributed by atoms with Crippen LogP contribution in [0.1, 0.15) is 23.1 Å². The van der Waals surface area contributed by atoms with Crippen LogP contribution in [0.4, 0.5) is 0 Å². The molecule has 0 radical (unpaired) electrons. The number of nitrogens with one attached hydrogen (secondary N) is 2. The Morgan fingerprint density at radius 2 is 2.33 bits per heavy atom. The third-order valence-electron chi connectivity index (χ3n) is 3.26. The standard InChI is InChI=1S/C13H20N2OS.ClH/c1-9-8-14-6-5-12(9)15-13(16)7-11-4-3-10(2)17-11;/h3-4,9,12,14H,5-8H2,1-2H3,(H,15,16);1H. The molecule has 2 unspecified atom stereocenters. The van der Waals surface area contributed by atoms with Gasteiger partial charge in [0.1, 0.15) is 0 Å². The van der Waals surface area contributed by atoms with Gasteiger partial charge in [0, 0.05) is 15.8 Å². The number of hydrogen-bond acceptors (Lipinski definition) is 3. The smallest absolute Gasteiger partial charge is 0.225 e. The first kappa shape index (κ1) is 15.5. The van der Waals surface area contributed by atoms with Gasteiger partial charge in [0.15, 0.2) is 0 Å². The van der Waals surface area contributed by atoms with E-state index >= 15 is 0 Å². The second kappa shape index (κ2) is 7.12. The van der Waals surface area contributed by atoms with E-state index in [1.54, 1.807) is 11.3 Å². The molecule has 1 fully saturated rings. The SMILES string of the molecule is Cc1ccc(CC(=O)NC2CCNCC2C)s1.Cl. The molecule has 2 atom stereocenters. The van der Waals surface area contributed by atoms with Gasteiger partial charge in [-0.15, -0.1) is 23.7 Å². The number of halogens is 1. The molecule has 1 aromatic rings. The van der Waals surface area contributed by atoms with Gasteiger partial charge in [0.05, 0.1) is 6.42 Å². The Hall–Kier alpha value is -0.580. The van der Waals surface area contributed by atoms with E-state index in [4.69, 9.17) is 0 Å². The van der Waals surface area contributed by atoms with Gasteiger partial charge in [-0.1, -0.05) is 6.92 Å². The number of carbonyl (C=O) groups is 1. The summed E-state index contributed by atoms with van der Waals surface area (Å²) >= 11 is 1.71. The Bertz CT molecular complexity index is 394. The molecule has 0 aromatic carbocycles. The maximum Gasteiger partial charge on any atom is 0.225 e. The van der Waals surface area contributed by atoms with Gasteiger partial charge in [0.25, 0.3) is 0 Å². The van der Waals surface area contributed by atoms with Crippen molar-refractivity contribution in [2.24, 2.45) is 5.92 Å². The van der Waals surface area contributed by atoms with Crippen LogP contribution in [0, 0.1) is 12.8 Å². The van der Waals surface area contributed by atoms with Crippen LogP contribution in [-0.2, 0) is 11.2 Å². The van der Waals surface area contributed by atoms with E-state index in [0.29, 0.717) is 18.4 Å². The molecule has 18 heavy (non-hydrogen) atoms. The zero-order chi connectivity index (χ0) is 12.3. The first-order chi connectivity index (χ1) is 8.15. The summed E-state index contributed by atoms with van der Waals surface area (Å²) in [5.74, 6) is 0.684. The molecule has 3 nitrogen and oxygen atoms in total. The van der Waals surface area contributed by atoms with Gasteiger partial charge < -0.3 is 10.6 Å².